The average molecular weight is 187 g/mol. The highest BCUT2D eigenvalue weighted by Crippen LogP contribution is 2.35. The summed E-state index contributed by atoms with van der Waals surface area (Å²) in [5, 5.41) is 10.3. The first kappa shape index (κ1) is 12.4. The van der Waals surface area contributed by atoms with E-state index in [1.165, 1.54) is 19.3 Å². The molecule has 78 valence electrons. The van der Waals surface area contributed by atoms with E-state index in [9.17, 15) is 10.1 Å². The predicted octanol–water partition coefficient (Wildman–Crippen LogP) is 3.26. The van der Waals surface area contributed by atoms with E-state index >= 15 is 0 Å². The highest BCUT2D eigenvalue weighted by molar-refractivity contribution is 4.77. The Labute approximate surface area is 80.7 Å². The first-order valence-electron chi connectivity index (χ1n) is 5.24. The van der Waals surface area contributed by atoms with E-state index in [0.29, 0.717) is 0 Å². The largest absolute Gasteiger partial charge is 0.265 e. The van der Waals surface area contributed by atoms with Gasteiger partial charge in [-0.25, -0.2) is 0 Å². The maximum atomic E-state index is 10.3. The van der Waals surface area contributed by atoms with Gasteiger partial charge in [0.05, 0.1) is 0 Å². The molecule has 0 saturated heterocycles. The Kier molecular flexibility index (Phi) is 5.67. The van der Waals surface area contributed by atoms with Crippen LogP contribution in [-0.4, -0.2) is 11.5 Å². The van der Waals surface area contributed by atoms with Crippen LogP contribution in [0.25, 0.3) is 0 Å². The van der Waals surface area contributed by atoms with Crippen LogP contribution in [-0.2, 0) is 0 Å². The molecule has 0 unspecified atom stereocenters. The highest BCUT2D eigenvalue weighted by atomic mass is 16.6. The maximum absolute atomic E-state index is 10.3. The van der Waals surface area contributed by atoms with Crippen LogP contribution in [0.5, 0.6) is 0 Å². The lowest BCUT2D eigenvalue weighted by Gasteiger charge is -2.29. The molecule has 0 heterocycles. The summed E-state index contributed by atoms with van der Waals surface area (Å²) in [5.41, 5.74) is 0.00174. The molecule has 0 aromatic carbocycles. The second-order valence-electron chi connectivity index (χ2n) is 3.86. The van der Waals surface area contributed by atoms with Gasteiger partial charge in [-0.05, 0) is 12.8 Å². The molecular weight excluding hydrogens is 166 g/mol. The third kappa shape index (κ3) is 4.86. The van der Waals surface area contributed by atoms with Gasteiger partial charge in [-0.1, -0.05) is 40.0 Å². The van der Waals surface area contributed by atoms with E-state index in [-0.39, 0.29) is 16.9 Å². The van der Waals surface area contributed by atoms with E-state index in [1.807, 2.05) is 20.8 Å². The monoisotopic (exact) mass is 187 g/mol. The standard InChI is InChI=1S/C8H15NO2.C2H6/c1-8(7-9(10)11)5-3-2-4-6-8;1-2/h2-7H2,1H3;1-2H3. The average Bonchev–Trinajstić information content (AvgIpc) is 2.07. The Hall–Kier alpha value is -0.600. The van der Waals surface area contributed by atoms with E-state index in [0.717, 1.165) is 12.8 Å². The van der Waals surface area contributed by atoms with Crippen molar-refractivity contribution in [2.75, 3.05) is 6.54 Å². The molecule has 0 amide bonds. The van der Waals surface area contributed by atoms with Crippen LogP contribution in [0.4, 0.5) is 0 Å². The molecule has 0 aromatic rings. The Balaban J connectivity index is 0.000000671. The number of rotatable bonds is 2. The van der Waals surface area contributed by atoms with Crippen LogP contribution in [0.15, 0.2) is 0 Å². The Morgan fingerprint density at radius 3 is 2.08 bits per heavy atom. The molecule has 0 atom stereocenters. The minimum atomic E-state index is -0.175. The molecule has 0 bridgehead atoms. The lowest BCUT2D eigenvalue weighted by Crippen LogP contribution is -2.28. The van der Waals surface area contributed by atoms with Crippen molar-refractivity contribution < 1.29 is 4.92 Å². The van der Waals surface area contributed by atoms with Crippen molar-refractivity contribution in [3.05, 3.63) is 10.1 Å². The van der Waals surface area contributed by atoms with Crippen LogP contribution in [0, 0.1) is 15.5 Å². The van der Waals surface area contributed by atoms with Crippen molar-refractivity contribution in [1.82, 2.24) is 0 Å². The van der Waals surface area contributed by atoms with E-state index in [1.54, 1.807) is 0 Å². The zero-order valence-corrected chi connectivity index (χ0v) is 9.01. The van der Waals surface area contributed by atoms with Gasteiger partial charge >= 0.3 is 0 Å². The molecule has 0 aromatic heterocycles. The lowest BCUT2D eigenvalue weighted by atomic mass is 9.76. The molecule has 1 aliphatic carbocycles. The van der Waals surface area contributed by atoms with Crippen LogP contribution < -0.4 is 0 Å². The third-order valence-electron chi connectivity index (χ3n) is 2.57. The normalized spacial score (nSPS) is 19.9. The molecule has 1 saturated carbocycles. The van der Waals surface area contributed by atoms with E-state index in [2.05, 4.69) is 0 Å². The van der Waals surface area contributed by atoms with Crippen molar-refractivity contribution in [3.8, 4) is 0 Å². The van der Waals surface area contributed by atoms with Gasteiger partial charge in [-0.15, -0.1) is 0 Å². The van der Waals surface area contributed by atoms with Gasteiger partial charge in [0.25, 0.3) is 0 Å². The van der Waals surface area contributed by atoms with Crippen LogP contribution in [0.1, 0.15) is 52.9 Å². The summed E-state index contributed by atoms with van der Waals surface area (Å²) in [6.07, 6.45) is 5.67. The molecular formula is C10H21NO2. The molecule has 0 spiro atoms. The maximum Gasteiger partial charge on any atom is 0.209 e. The molecule has 1 aliphatic rings. The summed E-state index contributed by atoms with van der Waals surface area (Å²) >= 11 is 0. The van der Waals surface area contributed by atoms with E-state index < -0.39 is 0 Å². The smallest absolute Gasteiger partial charge is 0.209 e. The zero-order valence-electron chi connectivity index (χ0n) is 9.01. The molecule has 0 aliphatic heterocycles. The SMILES string of the molecule is CC.CC1(C[N+](=O)[O-])CCCCC1. The summed E-state index contributed by atoms with van der Waals surface area (Å²) in [6, 6.07) is 0. The quantitative estimate of drug-likeness (QED) is 0.492. The molecule has 3 nitrogen and oxygen atoms in total. The van der Waals surface area contributed by atoms with Gasteiger partial charge in [0, 0.05) is 10.3 Å². The summed E-state index contributed by atoms with van der Waals surface area (Å²) in [7, 11) is 0. The number of hydrogen-bond donors (Lipinski definition) is 0. The van der Waals surface area contributed by atoms with Gasteiger partial charge in [0.1, 0.15) is 0 Å². The zero-order chi connectivity index (χ0) is 10.3. The minimum Gasteiger partial charge on any atom is -0.265 e. The topological polar surface area (TPSA) is 43.1 Å². The van der Waals surface area contributed by atoms with Crippen molar-refractivity contribution in [2.24, 2.45) is 5.41 Å². The molecule has 1 rings (SSSR count). The fourth-order valence-corrected chi connectivity index (χ4v) is 1.88. The first-order valence-corrected chi connectivity index (χ1v) is 5.24. The number of nitro groups is 1. The molecule has 0 N–H and O–H groups in total. The predicted molar refractivity (Wildman–Crippen MR) is 54.4 cm³/mol. The number of hydrogen-bond acceptors (Lipinski definition) is 2. The minimum absolute atomic E-state index is 0.00174. The van der Waals surface area contributed by atoms with Gasteiger partial charge in [-0.2, -0.15) is 0 Å². The first-order chi connectivity index (χ1) is 6.12. The summed E-state index contributed by atoms with van der Waals surface area (Å²) in [6.45, 7) is 6.20. The van der Waals surface area contributed by atoms with E-state index in [4.69, 9.17) is 0 Å². The highest BCUT2D eigenvalue weighted by Gasteiger charge is 2.31. The van der Waals surface area contributed by atoms with Crippen molar-refractivity contribution in [2.45, 2.75) is 52.9 Å². The fraction of sp³-hybridized carbons (Fsp3) is 1.00. The fourth-order valence-electron chi connectivity index (χ4n) is 1.88. The Morgan fingerprint density at radius 1 is 1.23 bits per heavy atom. The van der Waals surface area contributed by atoms with Crippen molar-refractivity contribution in [3.63, 3.8) is 0 Å². The Bertz CT molecular complexity index is 151. The lowest BCUT2D eigenvalue weighted by molar-refractivity contribution is -0.497. The number of nitrogens with zero attached hydrogens (tertiary/aromatic N) is 1. The molecule has 3 heteroatoms. The summed E-state index contributed by atoms with van der Waals surface area (Å²) in [4.78, 5) is 10.1. The summed E-state index contributed by atoms with van der Waals surface area (Å²) < 4.78 is 0. The van der Waals surface area contributed by atoms with Crippen LogP contribution >= 0.6 is 0 Å². The second kappa shape index (κ2) is 5.95. The van der Waals surface area contributed by atoms with Crippen molar-refractivity contribution in [1.29, 1.82) is 0 Å². The molecule has 0 radical (unpaired) electrons. The van der Waals surface area contributed by atoms with Crippen LogP contribution in [0.2, 0.25) is 0 Å². The van der Waals surface area contributed by atoms with Gasteiger partial charge in [0.15, 0.2) is 0 Å². The Morgan fingerprint density at radius 2 is 1.69 bits per heavy atom. The molecule has 13 heavy (non-hydrogen) atoms. The third-order valence-corrected chi connectivity index (χ3v) is 2.57. The van der Waals surface area contributed by atoms with Crippen molar-refractivity contribution >= 4 is 0 Å². The summed E-state index contributed by atoms with van der Waals surface area (Å²) in [5.74, 6) is 0. The van der Waals surface area contributed by atoms with Gasteiger partial charge < -0.3 is 0 Å². The second-order valence-corrected chi connectivity index (χ2v) is 3.86. The van der Waals surface area contributed by atoms with Gasteiger partial charge in [0.2, 0.25) is 6.54 Å². The molecule has 1 fully saturated rings. The van der Waals surface area contributed by atoms with Crippen LogP contribution in [0.3, 0.4) is 0 Å². The van der Waals surface area contributed by atoms with Gasteiger partial charge in [-0.3, -0.25) is 10.1 Å².